The van der Waals surface area contributed by atoms with Gasteiger partial charge in [-0.25, -0.2) is 0 Å². The fourth-order valence-corrected chi connectivity index (χ4v) is 3.96. The Hall–Kier alpha value is -3.42. The normalized spacial score (nSPS) is 23.2. The number of benzene rings is 2. The van der Waals surface area contributed by atoms with Crippen LogP contribution in [-0.2, 0) is 17.1 Å². The molecule has 4 aliphatic heterocycles. The zero-order chi connectivity index (χ0) is 17.5. The van der Waals surface area contributed by atoms with E-state index in [2.05, 4.69) is 0 Å². The van der Waals surface area contributed by atoms with Crippen molar-refractivity contribution in [3.8, 4) is 28.7 Å². The van der Waals surface area contributed by atoms with Gasteiger partial charge in [0.1, 0.15) is 0 Å². The molecule has 130 valence electrons. The minimum atomic E-state index is -1.57. The van der Waals surface area contributed by atoms with Crippen molar-refractivity contribution in [3.05, 3.63) is 41.0 Å². The van der Waals surface area contributed by atoms with Gasteiger partial charge in [0, 0.05) is 5.56 Å². The molecule has 0 aromatic heterocycles. The standard InChI is InChI=1S/C18H11NO7/c20-6-19-5-9-3-13-14(24-7-23-13)4-11(9)18(19)17(21)10-1-2-12-16(15(10)26-18)25-8-22-12/h1-4,6H,5,7-8H2. The maximum Gasteiger partial charge on any atom is 0.276 e. The second-order valence-electron chi connectivity index (χ2n) is 6.35. The molecule has 0 radical (unpaired) electrons. The number of hydrogen-bond acceptors (Lipinski definition) is 7. The van der Waals surface area contributed by atoms with Gasteiger partial charge in [0.25, 0.3) is 5.72 Å². The summed E-state index contributed by atoms with van der Waals surface area (Å²) in [6.07, 6.45) is 0.619. The van der Waals surface area contributed by atoms with Gasteiger partial charge in [-0.1, -0.05) is 0 Å². The summed E-state index contributed by atoms with van der Waals surface area (Å²) < 4.78 is 27.8. The smallest absolute Gasteiger partial charge is 0.276 e. The zero-order valence-corrected chi connectivity index (χ0v) is 13.3. The highest BCUT2D eigenvalue weighted by molar-refractivity contribution is 6.10. The maximum atomic E-state index is 13.4. The summed E-state index contributed by atoms with van der Waals surface area (Å²) in [5.74, 6) is 1.97. The monoisotopic (exact) mass is 353 g/mol. The molecule has 0 bridgehead atoms. The highest BCUT2D eigenvalue weighted by Gasteiger charge is 2.60. The lowest BCUT2D eigenvalue weighted by atomic mass is 9.94. The first-order valence-electron chi connectivity index (χ1n) is 8.04. The number of rotatable bonds is 1. The van der Waals surface area contributed by atoms with Gasteiger partial charge in [-0.2, -0.15) is 0 Å². The van der Waals surface area contributed by atoms with E-state index in [9.17, 15) is 9.59 Å². The van der Waals surface area contributed by atoms with Crippen LogP contribution in [0.3, 0.4) is 0 Å². The molecule has 4 aliphatic rings. The van der Waals surface area contributed by atoms with Crippen LogP contribution < -0.4 is 23.7 Å². The second kappa shape index (κ2) is 4.40. The lowest BCUT2D eigenvalue weighted by molar-refractivity contribution is -0.132. The Labute approximate surface area is 146 Å². The fourth-order valence-electron chi connectivity index (χ4n) is 3.96. The third kappa shape index (κ3) is 1.42. The number of amides is 1. The van der Waals surface area contributed by atoms with E-state index in [1.54, 1.807) is 24.3 Å². The number of hydrogen-bond donors (Lipinski definition) is 0. The molecule has 6 rings (SSSR count). The molecule has 0 aliphatic carbocycles. The summed E-state index contributed by atoms with van der Waals surface area (Å²) in [6, 6.07) is 6.80. The number of fused-ring (bicyclic) bond motifs is 6. The summed E-state index contributed by atoms with van der Waals surface area (Å²) in [7, 11) is 0. The third-order valence-corrected chi connectivity index (χ3v) is 5.13. The first kappa shape index (κ1) is 13.8. The molecule has 0 saturated carbocycles. The minimum Gasteiger partial charge on any atom is -0.454 e. The van der Waals surface area contributed by atoms with Crippen molar-refractivity contribution in [2.24, 2.45) is 0 Å². The zero-order valence-electron chi connectivity index (χ0n) is 13.3. The first-order valence-corrected chi connectivity index (χ1v) is 8.04. The molecule has 1 atom stereocenters. The Kier molecular flexibility index (Phi) is 2.34. The Morgan fingerprint density at radius 1 is 0.962 bits per heavy atom. The van der Waals surface area contributed by atoms with E-state index in [-0.39, 0.29) is 25.9 Å². The average molecular weight is 353 g/mol. The Bertz CT molecular complexity index is 1020. The quantitative estimate of drug-likeness (QED) is 0.719. The van der Waals surface area contributed by atoms with E-state index in [1.807, 2.05) is 0 Å². The highest BCUT2D eigenvalue weighted by Crippen LogP contribution is 2.56. The minimum absolute atomic E-state index is 0.0585. The second-order valence-corrected chi connectivity index (χ2v) is 6.35. The number of carbonyl (C=O) groups is 2. The highest BCUT2D eigenvalue weighted by atomic mass is 16.7. The molecule has 1 unspecified atom stereocenters. The van der Waals surface area contributed by atoms with Gasteiger partial charge >= 0.3 is 0 Å². The van der Waals surface area contributed by atoms with Crippen molar-refractivity contribution in [2.75, 3.05) is 13.6 Å². The number of nitrogens with zero attached hydrogens (tertiary/aromatic N) is 1. The maximum absolute atomic E-state index is 13.4. The molecule has 2 aromatic carbocycles. The predicted octanol–water partition coefficient (Wildman–Crippen LogP) is 1.54. The van der Waals surface area contributed by atoms with E-state index in [0.717, 1.165) is 5.56 Å². The van der Waals surface area contributed by atoms with Gasteiger partial charge < -0.3 is 23.7 Å². The van der Waals surface area contributed by atoms with Gasteiger partial charge in [-0.15, -0.1) is 0 Å². The van der Waals surface area contributed by atoms with Crippen molar-refractivity contribution < 1.29 is 33.3 Å². The van der Waals surface area contributed by atoms with Crippen LogP contribution in [0.25, 0.3) is 0 Å². The van der Waals surface area contributed by atoms with Crippen molar-refractivity contribution in [1.29, 1.82) is 0 Å². The van der Waals surface area contributed by atoms with Crippen LogP contribution >= 0.6 is 0 Å². The van der Waals surface area contributed by atoms with Gasteiger partial charge in [0.15, 0.2) is 23.0 Å². The summed E-state index contributed by atoms with van der Waals surface area (Å²) in [4.78, 5) is 26.5. The fraction of sp³-hybridized carbons (Fsp3) is 0.222. The average Bonchev–Trinajstić information content (AvgIpc) is 3.40. The van der Waals surface area contributed by atoms with Crippen LogP contribution in [0, 0.1) is 0 Å². The largest absolute Gasteiger partial charge is 0.454 e. The molecular weight excluding hydrogens is 342 g/mol. The topological polar surface area (TPSA) is 83.5 Å². The van der Waals surface area contributed by atoms with Crippen LogP contribution in [0.15, 0.2) is 24.3 Å². The van der Waals surface area contributed by atoms with E-state index < -0.39 is 5.72 Å². The lowest BCUT2D eigenvalue weighted by Gasteiger charge is -2.30. The molecule has 1 amide bonds. The molecule has 8 heteroatoms. The molecule has 4 heterocycles. The number of carbonyl (C=O) groups excluding carboxylic acids is 2. The summed E-state index contributed by atoms with van der Waals surface area (Å²) >= 11 is 0. The summed E-state index contributed by atoms with van der Waals surface area (Å²) in [5.41, 5.74) is 0.132. The molecule has 8 nitrogen and oxygen atoms in total. The van der Waals surface area contributed by atoms with Crippen molar-refractivity contribution in [2.45, 2.75) is 12.3 Å². The van der Waals surface area contributed by atoms with E-state index in [1.165, 1.54) is 4.90 Å². The lowest BCUT2D eigenvalue weighted by Crippen LogP contribution is -2.48. The number of ketones is 1. The predicted molar refractivity (Wildman–Crippen MR) is 83.4 cm³/mol. The van der Waals surface area contributed by atoms with Gasteiger partial charge in [-0.3, -0.25) is 14.5 Å². The Balaban J connectivity index is 1.58. The number of ether oxygens (including phenoxy) is 5. The van der Waals surface area contributed by atoms with Crippen LogP contribution in [-0.4, -0.2) is 30.7 Å². The molecular formula is C18H11NO7. The Morgan fingerprint density at radius 3 is 2.58 bits per heavy atom. The van der Waals surface area contributed by atoms with Gasteiger partial charge in [0.2, 0.25) is 31.5 Å². The van der Waals surface area contributed by atoms with Crippen molar-refractivity contribution in [1.82, 2.24) is 4.90 Å². The van der Waals surface area contributed by atoms with Crippen LogP contribution in [0.5, 0.6) is 28.7 Å². The van der Waals surface area contributed by atoms with Crippen LogP contribution in [0.4, 0.5) is 0 Å². The van der Waals surface area contributed by atoms with E-state index in [4.69, 9.17) is 23.7 Å². The molecule has 1 spiro atoms. The van der Waals surface area contributed by atoms with Crippen molar-refractivity contribution in [3.63, 3.8) is 0 Å². The van der Waals surface area contributed by atoms with E-state index >= 15 is 0 Å². The molecule has 0 saturated heterocycles. The first-order chi connectivity index (χ1) is 12.7. The SMILES string of the molecule is O=CN1Cc2cc3c(cc2C12Oc1c(ccc4c1OCO4)C2=O)OCO3. The van der Waals surface area contributed by atoms with E-state index in [0.29, 0.717) is 46.3 Å². The van der Waals surface area contributed by atoms with Crippen LogP contribution in [0.1, 0.15) is 21.5 Å². The number of Topliss-reactive ketones (excluding diaryl/α,β-unsaturated/α-hetero) is 1. The molecule has 26 heavy (non-hydrogen) atoms. The molecule has 2 aromatic rings. The van der Waals surface area contributed by atoms with Crippen LogP contribution in [0.2, 0.25) is 0 Å². The molecule has 0 fully saturated rings. The Morgan fingerprint density at radius 2 is 1.73 bits per heavy atom. The van der Waals surface area contributed by atoms with Gasteiger partial charge in [-0.05, 0) is 29.8 Å². The van der Waals surface area contributed by atoms with Gasteiger partial charge in [0.05, 0.1) is 12.1 Å². The summed E-state index contributed by atoms with van der Waals surface area (Å²) in [6.45, 7) is 0.411. The third-order valence-electron chi connectivity index (χ3n) is 5.13. The van der Waals surface area contributed by atoms with Crippen molar-refractivity contribution >= 4 is 12.2 Å². The molecule has 0 N–H and O–H groups in total. The summed E-state index contributed by atoms with van der Waals surface area (Å²) in [5, 5.41) is 0.